The van der Waals surface area contributed by atoms with Gasteiger partial charge in [-0.1, -0.05) is 48.5 Å². The Morgan fingerprint density at radius 2 is 1.04 bits per heavy atom. The van der Waals surface area contributed by atoms with E-state index in [4.69, 9.17) is 9.97 Å². The van der Waals surface area contributed by atoms with Crippen molar-refractivity contribution in [1.82, 2.24) is 27.9 Å². The number of nitrogens with zero attached hydrogens (tertiary/aromatic N) is 6. The molecule has 230 valence electrons. The maximum Gasteiger partial charge on any atom is 0.220 e. The van der Waals surface area contributed by atoms with Crippen LogP contribution in [0.5, 0.6) is 0 Å². The number of aryl methyl sites for hydroxylation is 4. The molecule has 48 heavy (non-hydrogen) atoms. The predicted molar refractivity (Wildman–Crippen MR) is 197 cm³/mol. The van der Waals surface area contributed by atoms with Crippen LogP contribution in [0.2, 0.25) is 0 Å². The average molecular weight is 621 g/mol. The van der Waals surface area contributed by atoms with Crippen LogP contribution in [0, 0.1) is 27.7 Å². The Morgan fingerprint density at radius 1 is 0.417 bits per heavy atom. The van der Waals surface area contributed by atoms with Gasteiger partial charge in [0.25, 0.3) is 0 Å². The van der Waals surface area contributed by atoms with Crippen molar-refractivity contribution in [2.24, 2.45) is 0 Å². The number of aromatic nitrogens is 6. The van der Waals surface area contributed by atoms with Crippen LogP contribution in [0.15, 0.2) is 121 Å². The van der Waals surface area contributed by atoms with E-state index >= 15 is 0 Å². The lowest BCUT2D eigenvalue weighted by molar-refractivity contribution is 1.10. The largest absolute Gasteiger partial charge is 0.278 e. The maximum absolute atomic E-state index is 5.19. The SMILES string of the molecule is Cc1cccc(-n2c3ccc(C)cc3n3c4cc(-c5ccc(-n6c7ccc(C)cc7n7c8ccccc8nc67)cc5C)ccc4nc23)c1. The summed E-state index contributed by atoms with van der Waals surface area (Å²) in [7, 11) is 0. The lowest BCUT2D eigenvalue weighted by atomic mass is 9.99. The summed E-state index contributed by atoms with van der Waals surface area (Å²) in [5.74, 6) is 1.85. The first-order chi connectivity index (χ1) is 23.4. The fourth-order valence-corrected chi connectivity index (χ4v) is 7.62. The second kappa shape index (κ2) is 9.69. The molecule has 0 spiro atoms. The van der Waals surface area contributed by atoms with Crippen molar-refractivity contribution in [1.29, 1.82) is 0 Å². The molecule has 0 bridgehead atoms. The molecule has 6 heteroatoms. The summed E-state index contributed by atoms with van der Waals surface area (Å²) in [6.07, 6.45) is 0. The van der Waals surface area contributed by atoms with Crippen molar-refractivity contribution in [3.05, 3.63) is 144 Å². The summed E-state index contributed by atoms with van der Waals surface area (Å²) in [6.45, 7) is 8.64. The summed E-state index contributed by atoms with van der Waals surface area (Å²) >= 11 is 0. The van der Waals surface area contributed by atoms with Gasteiger partial charge >= 0.3 is 0 Å². The first kappa shape index (κ1) is 27.0. The second-order valence-corrected chi connectivity index (χ2v) is 13.2. The molecule has 0 radical (unpaired) electrons. The van der Waals surface area contributed by atoms with Crippen LogP contribution in [0.25, 0.3) is 78.2 Å². The van der Waals surface area contributed by atoms with E-state index in [2.05, 4.69) is 167 Å². The van der Waals surface area contributed by atoms with Gasteiger partial charge in [0.15, 0.2) is 0 Å². The molecule has 0 aliphatic carbocycles. The molecule has 0 atom stereocenters. The fraction of sp³-hybridized carbons (Fsp3) is 0.0952. The number of imidazole rings is 4. The van der Waals surface area contributed by atoms with Gasteiger partial charge in [-0.25, -0.2) is 9.97 Å². The third-order valence-electron chi connectivity index (χ3n) is 9.84. The van der Waals surface area contributed by atoms with E-state index in [9.17, 15) is 0 Å². The molecule has 0 unspecified atom stereocenters. The lowest BCUT2D eigenvalue weighted by Gasteiger charge is -2.11. The van der Waals surface area contributed by atoms with E-state index in [0.717, 1.165) is 67.1 Å². The molecule has 0 amide bonds. The van der Waals surface area contributed by atoms with Gasteiger partial charge in [0, 0.05) is 11.4 Å². The Kier molecular flexibility index (Phi) is 5.45. The molecule has 4 aromatic heterocycles. The van der Waals surface area contributed by atoms with Gasteiger partial charge in [0.1, 0.15) is 0 Å². The van der Waals surface area contributed by atoms with Crippen LogP contribution in [0.4, 0.5) is 0 Å². The quantitative estimate of drug-likeness (QED) is 0.197. The van der Waals surface area contributed by atoms with E-state index in [-0.39, 0.29) is 0 Å². The summed E-state index contributed by atoms with van der Waals surface area (Å²) in [5.41, 5.74) is 18.3. The number of fused-ring (bicyclic) bond motifs is 10. The standard InChI is InChI=1S/C42H32N6/c1-25-8-7-9-30(20-25)45-37-19-13-27(3)22-40(37)48-38-24-29(14-17-34(38)44-42(45)48)32-16-15-31(23-28(32)4)46-36-18-12-26(2)21-39(36)47-35-11-6-5-10-33(35)43-41(46)47/h5-24H,1-4H3. The molecular weight excluding hydrogens is 589 g/mol. The molecule has 0 aliphatic rings. The van der Waals surface area contributed by atoms with Crippen LogP contribution < -0.4 is 0 Å². The Hall–Kier alpha value is -6.14. The van der Waals surface area contributed by atoms with Crippen molar-refractivity contribution < 1.29 is 0 Å². The number of para-hydroxylation sites is 2. The summed E-state index contributed by atoms with van der Waals surface area (Å²) in [4.78, 5) is 10.3. The average Bonchev–Trinajstić information content (AvgIpc) is 3.80. The van der Waals surface area contributed by atoms with Crippen LogP contribution in [-0.2, 0) is 0 Å². The van der Waals surface area contributed by atoms with Crippen LogP contribution in [-0.4, -0.2) is 27.9 Å². The molecule has 0 saturated heterocycles. The molecule has 0 aliphatic heterocycles. The Morgan fingerprint density at radius 3 is 1.73 bits per heavy atom. The highest BCUT2D eigenvalue weighted by atomic mass is 15.2. The van der Waals surface area contributed by atoms with E-state index in [0.29, 0.717) is 0 Å². The number of hydrogen-bond donors (Lipinski definition) is 0. The zero-order valence-electron chi connectivity index (χ0n) is 27.2. The smallest absolute Gasteiger partial charge is 0.220 e. The number of hydrogen-bond acceptors (Lipinski definition) is 2. The van der Waals surface area contributed by atoms with Gasteiger partial charge < -0.3 is 0 Å². The van der Waals surface area contributed by atoms with Gasteiger partial charge in [-0.15, -0.1) is 0 Å². The van der Waals surface area contributed by atoms with Crippen molar-refractivity contribution in [3.8, 4) is 22.5 Å². The van der Waals surface area contributed by atoms with E-state index in [1.807, 2.05) is 0 Å². The fourth-order valence-electron chi connectivity index (χ4n) is 7.62. The van der Waals surface area contributed by atoms with Gasteiger partial charge in [-0.05, 0) is 134 Å². The predicted octanol–water partition coefficient (Wildman–Crippen LogP) is 10.1. The molecule has 10 aromatic rings. The molecule has 10 rings (SSSR count). The Labute approximate surface area is 276 Å². The highest BCUT2D eigenvalue weighted by molar-refractivity contribution is 5.95. The summed E-state index contributed by atoms with van der Waals surface area (Å²) in [6, 6.07) is 43.8. The number of benzene rings is 6. The van der Waals surface area contributed by atoms with Crippen LogP contribution >= 0.6 is 0 Å². The third kappa shape index (κ3) is 3.74. The molecule has 6 aromatic carbocycles. The highest BCUT2D eigenvalue weighted by Gasteiger charge is 2.20. The molecule has 4 heterocycles. The van der Waals surface area contributed by atoms with Gasteiger partial charge in [0.05, 0.1) is 44.1 Å². The van der Waals surface area contributed by atoms with E-state index in [1.165, 1.54) is 33.4 Å². The monoisotopic (exact) mass is 620 g/mol. The van der Waals surface area contributed by atoms with E-state index < -0.39 is 0 Å². The van der Waals surface area contributed by atoms with Gasteiger partial charge in [0.2, 0.25) is 11.6 Å². The zero-order chi connectivity index (χ0) is 32.3. The van der Waals surface area contributed by atoms with Crippen molar-refractivity contribution in [2.75, 3.05) is 0 Å². The lowest BCUT2D eigenvalue weighted by Crippen LogP contribution is -1.97. The van der Waals surface area contributed by atoms with E-state index in [1.54, 1.807) is 0 Å². The first-order valence-corrected chi connectivity index (χ1v) is 16.4. The van der Waals surface area contributed by atoms with Crippen molar-refractivity contribution >= 4 is 55.7 Å². The molecule has 6 nitrogen and oxygen atoms in total. The van der Waals surface area contributed by atoms with Crippen molar-refractivity contribution in [2.45, 2.75) is 27.7 Å². The molecular formula is C42H32N6. The zero-order valence-corrected chi connectivity index (χ0v) is 27.2. The minimum Gasteiger partial charge on any atom is -0.278 e. The van der Waals surface area contributed by atoms with Gasteiger partial charge in [-0.3, -0.25) is 17.9 Å². The minimum atomic E-state index is 0.922. The Balaban J connectivity index is 1.16. The second-order valence-electron chi connectivity index (χ2n) is 13.2. The highest BCUT2D eigenvalue weighted by Crippen LogP contribution is 2.35. The normalized spacial score (nSPS) is 12.2. The summed E-state index contributed by atoms with van der Waals surface area (Å²) in [5, 5.41) is 0. The Bertz CT molecular complexity index is 2950. The van der Waals surface area contributed by atoms with Crippen molar-refractivity contribution in [3.63, 3.8) is 0 Å². The van der Waals surface area contributed by atoms with Crippen LogP contribution in [0.3, 0.4) is 0 Å². The first-order valence-electron chi connectivity index (χ1n) is 16.4. The van der Waals surface area contributed by atoms with Crippen LogP contribution in [0.1, 0.15) is 22.3 Å². The molecule has 0 N–H and O–H groups in total. The third-order valence-corrected chi connectivity index (χ3v) is 9.84. The molecule has 0 fully saturated rings. The maximum atomic E-state index is 5.19. The topological polar surface area (TPSA) is 44.5 Å². The molecule has 0 saturated carbocycles. The minimum absolute atomic E-state index is 0.922. The summed E-state index contributed by atoms with van der Waals surface area (Å²) < 4.78 is 9.18. The van der Waals surface area contributed by atoms with Gasteiger partial charge in [-0.2, -0.15) is 0 Å². The number of rotatable bonds is 3.